The van der Waals surface area contributed by atoms with E-state index in [1.165, 1.54) is 11.0 Å². The summed E-state index contributed by atoms with van der Waals surface area (Å²) in [4.78, 5) is 13.5. The number of anilines is 1. The van der Waals surface area contributed by atoms with Crippen molar-refractivity contribution in [3.05, 3.63) is 23.8 Å². The van der Waals surface area contributed by atoms with Crippen molar-refractivity contribution in [2.45, 2.75) is 31.0 Å². The van der Waals surface area contributed by atoms with E-state index in [0.29, 0.717) is 18.5 Å². The molecule has 0 atom stereocenters. The zero-order valence-electron chi connectivity index (χ0n) is 10.3. The lowest BCUT2D eigenvalue weighted by Crippen LogP contribution is -2.59. The average molecular weight is 271 g/mol. The molecule has 1 saturated carbocycles. The molecule has 19 heavy (non-hydrogen) atoms. The van der Waals surface area contributed by atoms with Gasteiger partial charge in [-0.1, -0.05) is 0 Å². The molecule has 102 valence electrons. The van der Waals surface area contributed by atoms with Crippen LogP contribution < -0.4 is 9.64 Å². The second-order valence-corrected chi connectivity index (χ2v) is 4.99. The van der Waals surface area contributed by atoms with E-state index in [0.717, 1.165) is 18.6 Å². The molecule has 6 heteroatoms. The van der Waals surface area contributed by atoms with Crippen molar-refractivity contribution < 1.29 is 22.7 Å². The quantitative estimate of drug-likeness (QED) is 0.726. The highest BCUT2D eigenvalue weighted by molar-refractivity contribution is 6.03. The predicted octanol–water partition coefficient (Wildman–Crippen LogP) is 2.98. The number of amides is 1. The summed E-state index contributed by atoms with van der Waals surface area (Å²) in [5, 5.41) is 0. The summed E-state index contributed by atoms with van der Waals surface area (Å²) in [6.07, 6.45) is -2.43. The number of halogens is 3. The van der Waals surface area contributed by atoms with Gasteiger partial charge in [0.05, 0.1) is 11.3 Å². The van der Waals surface area contributed by atoms with Gasteiger partial charge in [-0.3, -0.25) is 4.79 Å². The predicted molar refractivity (Wildman–Crippen MR) is 62.1 cm³/mol. The number of ether oxygens (including phenoxy) is 1. The van der Waals surface area contributed by atoms with Crippen molar-refractivity contribution in [1.82, 2.24) is 0 Å². The minimum atomic E-state index is -4.41. The van der Waals surface area contributed by atoms with E-state index in [1.54, 1.807) is 7.05 Å². The molecule has 1 spiro atoms. The van der Waals surface area contributed by atoms with Crippen LogP contribution in [0.25, 0.3) is 0 Å². The summed E-state index contributed by atoms with van der Waals surface area (Å²) < 4.78 is 43.6. The zero-order chi connectivity index (χ0) is 13.8. The lowest BCUT2D eigenvalue weighted by molar-refractivity contribution is -0.143. The van der Waals surface area contributed by atoms with Gasteiger partial charge >= 0.3 is 6.18 Å². The topological polar surface area (TPSA) is 29.5 Å². The van der Waals surface area contributed by atoms with Gasteiger partial charge in [-0.2, -0.15) is 13.2 Å². The van der Waals surface area contributed by atoms with Crippen LogP contribution in [0.1, 0.15) is 24.8 Å². The van der Waals surface area contributed by atoms with Gasteiger partial charge in [0.2, 0.25) is 0 Å². The summed E-state index contributed by atoms with van der Waals surface area (Å²) in [6.45, 7) is 0. The van der Waals surface area contributed by atoms with E-state index in [1.807, 2.05) is 0 Å². The highest BCUT2D eigenvalue weighted by Gasteiger charge is 2.52. The molecule has 1 fully saturated rings. The van der Waals surface area contributed by atoms with Crippen molar-refractivity contribution in [2.75, 3.05) is 11.9 Å². The molecule has 0 bridgehead atoms. The molecular formula is C13H12F3NO2. The Morgan fingerprint density at radius 3 is 2.53 bits per heavy atom. The van der Waals surface area contributed by atoms with Crippen molar-refractivity contribution in [1.29, 1.82) is 0 Å². The molecule has 0 radical (unpaired) electrons. The maximum atomic E-state index is 12.7. The maximum absolute atomic E-state index is 12.7. The van der Waals surface area contributed by atoms with Gasteiger partial charge < -0.3 is 9.64 Å². The summed E-state index contributed by atoms with van der Waals surface area (Å²) in [5.74, 6) is -0.0392. The molecule has 1 aromatic rings. The Morgan fingerprint density at radius 2 is 2.00 bits per heavy atom. The number of benzene rings is 1. The molecule has 1 aliphatic carbocycles. The Labute approximate surface area is 108 Å². The first-order valence-corrected chi connectivity index (χ1v) is 6.02. The molecule has 0 unspecified atom stereocenters. The van der Waals surface area contributed by atoms with Crippen LogP contribution in [0, 0.1) is 0 Å². The van der Waals surface area contributed by atoms with Crippen LogP contribution in [-0.4, -0.2) is 18.6 Å². The second-order valence-electron chi connectivity index (χ2n) is 4.99. The van der Waals surface area contributed by atoms with Gasteiger partial charge in [0.15, 0.2) is 5.60 Å². The number of nitrogens with zero attached hydrogens (tertiary/aromatic N) is 1. The maximum Gasteiger partial charge on any atom is 0.416 e. The SMILES string of the molecule is CN1C(=O)C2(CCC2)Oc2cc(C(F)(F)F)ccc21. The van der Waals surface area contributed by atoms with Crippen molar-refractivity contribution >= 4 is 11.6 Å². The minimum absolute atomic E-state index is 0.136. The number of fused-ring (bicyclic) bond motifs is 1. The Balaban J connectivity index is 2.06. The van der Waals surface area contributed by atoms with Crippen molar-refractivity contribution in [2.24, 2.45) is 0 Å². The molecule has 1 aliphatic heterocycles. The van der Waals surface area contributed by atoms with Crippen molar-refractivity contribution in [3.63, 3.8) is 0 Å². The average Bonchev–Trinajstić information content (AvgIpc) is 2.30. The van der Waals surface area contributed by atoms with Crippen LogP contribution in [0.4, 0.5) is 18.9 Å². The summed E-state index contributed by atoms with van der Waals surface area (Å²) >= 11 is 0. The first-order chi connectivity index (χ1) is 8.83. The first kappa shape index (κ1) is 12.3. The van der Waals surface area contributed by atoms with Gasteiger partial charge in [-0.25, -0.2) is 0 Å². The summed E-state index contributed by atoms with van der Waals surface area (Å²) in [7, 11) is 1.57. The molecule has 3 rings (SSSR count). The van der Waals surface area contributed by atoms with E-state index >= 15 is 0 Å². The van der Waals surface area contributed by atoms with E-state index < -0.39 is 17.3 Å². The number of carbonyl (C=O) groups excluding carboxylic acids is 1. The summed E-state index contributed by atoms with van der Waals surface area (Å²) in [6, 6.07) is 3.21. The van der Waals surface area contributed by atoms with Gasteiger partial charge in [0, 0.05) is 7.05 Å². The molecule has 0 saturated heterocycles. The van der Waals surface area contributed by atoms with E-state index in [2.05, 4.69) is 0 Å². The molecule has 1 aromatic carbocycles. The van der Waals surface area contributed by atoms with Crippen LogP contribution >= 0.6 is 0 Å². The lowest BCUT2D eigenvalue weighted by Gasteiger charge is -2.46. The smallest absolute Gasteiger partial charge is 0.416 e. The van der Waals surface area contributed by atoms with Gasteiger partial charge in [-0.15, -0.1) is 0 Å². The fourth-order valence-corrected chi connectivity index (χ4v) is 2.53. The number of hydrogen-bond donors (Lipinski definition) is 0. The monoisotopic (exact) mass is 271 g/mol. The number of alkyl halides is 3. The molecule has 2 aliphatic rings. The fourth-order valence-electron chi connectivity index (χ4n) is 2.53. The third-order valence-electron chi connectivity index (χ3n) is 3.81. The third-order valence-corrected chi connectivity index (χ3v) is 3.81. The zero-order valence-corrected chi connectivity index (χ0v) is 10.3. The molecule has 0 aromatic heterocycles. The Hall–Kier alpha value is -1.72. The highest BCUT2D eigenvalue weighted by atomic mass is 19.4. The van der Waals surface area contributed by atoms with Crippen LogP contribution in [0.3, 0.4) is 0 Å². The Bertz CT molecular complexity index is 549. The van der Waals surface area contributed by atoms with E-state index in [-0.39, 0.29) is 11.7 Å². The lowest BCUT2D eigenvalue weighted by atomic mass is 9.78. The van der Waals surface area contributed by atoms with E-state index in [9.17, 15) is 18.0 Å². The number of likely N-dealkylation sites (N-methyl/N-ethyl adjacent to an activating group) is 1. The summed E-state index contributed by atoms with van der Waals surface area (Å²) in [5.41, 5.74) is -1.31. The standard InChI is InChI=1S/C13H12F3NO2/c1-17-9-4-3-8(13(14,15)16)7-10(9)19-12(11(17)18)5-2-6-12/h3-4,7H,2,5-6H2,1H3. The second kappa shape index (κ2) is 3.65. The van der Waals surface area contributed by atoms with Crippen LogP contribution in [-0.2, 0) is 11.0 Å². The third kappa shape index (κ3) is 1.69. The van der Waals surface area contributed by atoms with Crippen LogP contribution in [0.15, 0.2) is 18.2 Å². The number of carbonyl (C=O) groups is 1. The molecule has 0 N–H and O–H groups in total. The Morgan fingerprint density at radius 1 is 1.32 bits per heavy atom. The fraction of sp³-hybridized carbons (Fsp3) is 0.462. The van der Waals surface area contributed by atoms with Crippen LogP contribution in [0.5, 0.6) is 5.75 Å². The first-order valence-electron chi connectivity index (χ1n) is 6.02. The van der Waals surface area contributed by atoms with E-state index in [4.69, 9.17) is 4.74 Å². The normalized spacial score (nSPS) is 20.8. The van der Waals surface area contributed by atoms with Gasteiger partial charge in [-0.05, 0) is 37.5 Å². The molecule has 1 amide bonds. The number of hydrogen-bond acceptors (Lipinski definition) is 2. The largest absolute Gasteiger partial charge is 0.475 e. The van der Waals surface area contributed by atoms with Gasteiger partial charge in [0.1, 0.15) is 5.75 Å². The van der Waals surface area contributed by atoms with Crippen molar-refractivity contribution in [3.8, 4) is 5.75 Å². The highest BCUT2D eigenvalue weighted by Crippen LogP contribution is 2.47. The molecule has 3 nitrogen and oxygen atoms in total. The Kier molecular flexibility index (Phi) is 2.37. The molecular weight excluding hydrogens is 259 g/mol. The number of rotatable bonds is 0. The molecule has 1 heterocycles. The minimum Gasteiger partial charge on any atom is -0.475 e. The van der Waals surface area contributed by atoms with Crippen LogP contribution in [0.2, 0.25) is 0 Å². The van der Waals surface area contributed by atoms with Gasteiger partial charge in [0.25, 0.3) is 5.91 Å².